The highest BCUT2D eigenvalue weighted by Crippen LogP contribution is 2.25. The number of benzene rings is 2. The van der Waals surface area contributed by atoms with Crippen LogP contribution in [0, 0.1) is 20.8 Å². The van der Waals surface area contributed by atoms with Gasteiger partial charge in [-0.1, -0.05) is 41.4 Å². The van der Waals surface area contributed by atoms with Crippen LogP contribution < -0.4 is 11.3 Å². The van der Waals surface area contributed by atoms with Crippen LogP contribution in [0.2, 0.25) is 5.02 Å². The molecule has 3 heteroatoms. The third-order valence-electron chi connectivity index (χ3n) is 3.70. The van der Waals surface area contributed by atoms with Crippen LogP contribution in [0.1, 0.15) is 33.9 Å². The molecule has 0 heterocycles. The summed E-state index contributed by atoms with van der Waals surface area (Å²) in [5.41, 5.74) is 9.28. The van der Waals surface area contributed by atoms with Gasteiger partial charge in [0.2, 0.25) is 0 Å². The highest BCUT2D eigenvalue weighted by atomic mass is 35.5. The fourth-order valence-electron chi connectivity index (χ4n) is 2.73. The third-order valence-corrected chi connectivity index (χ3v) is 3.94. The summed E-state index contributed by atoms with van der Waals surface area (Å²) in [7, 11) is 0. The number of rotatable bonds is 4. The Kier molecular flexibility index (Phi) is 4.81. The summed E-state index contributed by atoms with van der Waals surface area (Å²) >= 11 is 6.06. The molecule has 0 aromatic heterocycles. The first-order valence-electron chi connectivity index (χ1n) is 6.79. The molecule has 20 heavy (non-hydrogen) atoms. The van der Waals surface area contributed by atoms with Crippen LogP contribution in [0.3, 0.4) is 0 Å². The van der Waals surface area contributed by atoms with Crippen molar-refractivity contribution in [2.45, 2.75) is 33.2 Å². The van der Waals surface area contributed by atoms with E-state index in [0.717, 1.165) is 17.0 Å². The molecule has 0 saturated carbocycles. The number of nitrogens with one attached hydrogen (secondary N) is 1. The van der Waals surface area contributed by atoms with Gasteiger partial charge in [0.25, 0.3) is 0 Å². The van der Waals surface area contributed by atoms with Gasteiger partial charge in [0, 0.05) is 5.02 Å². The lowest BCUT2D eigenvalue weighted by Crippen LogP contribution is -2.30. The van der Waals surface area contributed by atoms with E-state index in [1.807, 2.05) is 18.2 Å². The zero-order valence-electron chi connectivity index (χ0n) is 12.2. The molecule has 2 nitrogen and oxygen atoms in total. The number of hydrazine groups is 1. The van der Waals surface area contributed by atoms with Crippen LogP contribution in [0.25, 0.3) is 0 Å². The Morgan fingerprint density at radius 1 is 1.10 bits per heavy atom. The predicted octanol–water partition coefficient (Wildman–Crippen LogP) is 4.01. The van der Waals surface area contributed by atoms with Crippen molar-refractivity contribution in [1.29, 1.82) is 0 Å². The summed E-state index contributed by atoms with van der Waals surface area (Å²) in [5, 5.41) is 0.736. The van der Waals surface area contributed by atoms with E-state index in [4.69, 9.17) is 17.4 Å². The molecule has 0 aliphatic carbocycles. The molecule has 0 saturated heterocycles. The lowest BCUT2D eigenvalue weighted by molar-refractivity contribution is 0.549. The SMILES string of the molecule is Cc1cc(C)c(CC(NN)c2cccc(Cl)c2)c(C)c1. The van der Waals surface area contributed by atoms with Gasteiger partial charge in [0.1, 0.15) is 0 Å². The van der Waals surface area contributed by atoms with E-state index in [0.29, 0.717) is 0 Å². The van der Waals surface area contributed by atoms with Gasteiger partial charge in [0.15, 0.2) is 0 Å². The molecular formula is C17H21ClN2. The number of hydrogen-bond donors (Lipinski definition) is 2. The molecule has 2 aromatic carbocycles. The van der Waals surface area contributed by atoms with Gasteiger partial charge < -0.3 is 0 Å². The largest absolute Gasteiger partial charge is 0.271 e. The molecule has 2 aromatic rings. The van der Waals surface area contributed by atoms with Gasteiger partial charge in [-0.3, -0.25) is 11.3 Å². The van der Waals surface area contributed by atoms with E-state index < -0.39 is 0 Å². The monoisotopic (exact) mass is 288 g/mol. The number of aryl methyl sites for hydroxylation is 3. The van der Waals surface area contributed by atoms with Crippen molar-refractivity contribution < 1.29 is 0 Å². The fraction of sp³-hybridized carbons (Fsp3) is 0.294. The number of nitrogens with two attached hydrogens (primary N) is 1. The molecule has 3 N–H and O–H groups in total. The van der Waals surface area contributed by atoms with E-state index in [-0.39, 0.29) is 6.04 Å². The van der Waals surface area contributed by atoms with Crippen LogP contribution >= 0.6 is 11.6 Å². The molecule has 0 bridgehead atoms. The van der Waals surface area contributed by atoms with Crippen molar-refractivity contribution in [2.75, 3.05) is 0 Å². The van der Waals surface area contributed by atoms with Crippen molar-refractivity contribution >= 4 is 11.6 Å². The Morgan fingerprint density at radius 2 is 1.75 bits per heavy atom. The Hall–Kier alpha value is -1.35. The molecule has 106 valence electrons. The van der Waals surface area contributed by atoms with Gasteiger partial charge in [-0.2, -0.15) is 0 Å². The predicted molar refractivity (Wildman–Crippen MR) is 85.9 cm³/mol. The molecule has 0 aliphatic heterocycles. The minimum atomic E-state index is 0.0637. The lowest BCUT2D eigenvalue weighted by atomic mass is 9.92. The summed E-state index contributed by atoms with van der Waals surface area (Å²) in [5.74, 6) is 5.74. The molecule has 1 atom stereocenters. The first-order chi connectivity index (χ1) is 9.51. The minimum Gasteiger partial charge on any atom is -0.271 e. The molecule has 0 amide bonds. The molecule has 0 fully saturated rings. The van der Waals surface area contributed by atoms with E-state index in [1.165, 1.54) is 22.3 Å². The van der Waals surface area contributed by atoms with Crippen molar-refractivity contribution in [2.24, 2.45) is 5.84 Å². The van der Waals surface area contributed by atoms with Crippen molar-refractivity contribution in [1.82, 2.24) is 5.43 Å². The molecular weight excluding hydrogens is 268 g/mol. The highest BCUT2D eigenvalue weighted by molar-refractivity contribution is 6.30. The van der Waals surface area contributed by atoms with Crippen LogP contribution in [0.15, 0.2) is 36.4 Å². The maximum atomic E-state index is 6.06. The van der Waals surface area contributed by atoms with Crippen molar-refractivity contribution in [3.63, 3.8) is 0 Å². The summed E-state index contributed by atoms with van der Waals surface area (Å²) in [6, 6.07) is 12.3. The average molecular weight is 289 g/mol. The van der Waals surface area contributed by atoms with Crippen LogP contribution in [-0.2, 0) is 6.42 Å². The van der Waals surface area contributed by atoms with E-state index in [2.05, 4.69) is 44.4 Å². The second kappa shape index (κ2) is 6.40. The zero-order valence-corrected chi connectivity index (χ0v) is 13.0. The highest BCUT2D eigenvalue weighted by Gasteiger charge is 2.14. The number of hydrogen-bond acceptors (Lipinski definition) is 2. The Balaban J connectivity index is 2.32. The maximum Gasteiger partial charge on any atom is 0.0501 e. The van der Waals surface area contributed by atoms with Crippen LogP contribution in [0.5, 0.6) is 0 Å². The van der Waals surface area contributed by atoms with E-state index in [1.54, 1.807) is 0 Å². The summed E-state index contributed by atoms with van der Waals surface area (Å²) < 4.78 is 0. The Bertz CT molecular complexity index is 585. The average Bonchev–Trinajstić information content (AvgIpc) is 2.38. The summed E-state index contributed by atoms with van der Waals surface area (Å²) in [6.45, 7) is 6.43. The van der Waals surface area contributed by atoms with Crippen LogP contribution in [-0.4, -0.2) is 0 Å². The van der Waals surface area contributed by atoms with E-state index >= 15 is 0 Å². The maximum absolute atomic E-state index is 6.06. The van der Waals surface area contributed by atoms with E-state index in [9.17, 15) is 0 Å². The summed E-state index contributed by atoms with van der Waals surface area (Å²) in [4.78, 5) is 0. The first-order valence-corrected chi connectivity index (χ1v) is 7.17. The summed E-state index contributed by atoms with van der Waals surface area (Å²) in [6.07, 6.45) is 0.856. The van der Waals surface area contributed by atoms with Crippen molar-refractivity contribution in [3.05, 3.63) is 69.2 Å². The van der Waals surface area contributed by atoms with Gasteiger partial charge in [-0.15, -0.1) is 0 Å². The lowest BCUT2D eigenvalue weighted by Gasteiger charge is -2.20. The fourth-order valence-corrected chi connectivity index (χ4v) is 2.93. The normalized spacial score (nSPS) is 12.4. The third kappa shape index (κ3) is 3.40. The van der Waals surface area contributed by atoms with Gasteiger partial charge in [-0.05, 0) is 61.6 Å². The molecule has 0 spiro atoms. The second-order valence-electron chi connectivity index (χ2n) is 5.36. The van der Waals surface area contributed by atoms with Gasteiger partial charge in [-0.25, -0.2) is 0 Å². The topological polar surface area (TPSA) is 38.0 Å². The zero-order chi connectivity index (χ0) is 14.7. The second-order valence-corrected chi connectivity index (χ2v) is 5.79. The Morgan fingerprint density at radius 3 is 2.30 bits per heavy atom. The first kappa shape index (κ1) is 15.0. The standard InChI is InChI=1S/C17H21ClN2/c1-11-7-12(2)16(13(3)8-11)10-17(20-19)14-5-4-6-15(18)9-14/h4-9,17,20H,10,19H2,1-3H3. The molecule has 0 aliphatic rings. The molecule has 0 radical (unpaired) electrons. The molecule has 1 unspecified atom stereocenters. The van der Waals surface area contributed by atoms with Crippen molar-refractivity contribution in [3.8, 4) is 0 Å². The quantitative estimate of drug-likeness (QED) is 0.659. The number of halogens is 1. The molecule has 2 rings (SSSR count). The van der Waals surface area contributed by atoms with Gasteiger partial charge >= 0.3 is 0 Å². The van der Waals surface area contributed by atoms with Gasteiger partial charge in [0.05, 0.1) is 6.04 Å². The Labute approximate surface area is 125 Å². The van der Waals surface area contributed by atoms with Crippen LogP contribution in [0.4, 0.5) is 0 Å². The minimum absolute atomic E-state index is 0.0637. The smallest absolute Gasteiger partial charge is 0.0501 e.